The number of rotatable bonds is 11. The van der Waals surface area contributed by atoms with Crippen molar-refractivity contribution in [2.75, 3.05) is 12.3 Å². The number of hydrogen-bond donors (Lipinski definition) is 6. The van der Waals surface area contributed by atoms with E-state index in [9.17, 15) is 28.0 Å². The van der Waals surface area contributed by atoms with Gasteiger partial charge in [0, 0.05) is 11.3 Å². The van der Waals surface area contributed by atoms with Gasteiger partial charge in [-0.2, -0.15) is 12.9 Å². The quantitative estimate of drug-likeness (QED) is 0.0905. The molecule has 1 saturated heterocycles. The molecule has 1 aliphatic rings. The highest BCUT2D eigenvalue weighted by Gasteiger charge is 2.46. The summed E-state index contributed by atoms with van der Waals surface area (Å²) in [5.41, 5.74) is 15.0. The summed E-state index contributed by atoms with van der Waals surface area (Å²) in [5.74, 6) is 0.0795. The Labute approximate surface area is 198 Å². The Hall–Kier alpha value is -1.82. The first-order chi connectivity index (χ1) is 16.5. The van der Waals surface area contributed by atoms with Gasteiger partial charge in [-0.1, -0.05) is 5.11 Å². The number of azide groups is 1. The Morgan fingerprint density at radius 2 is 1.72 bits per heavy atom. The normalized spacial score (nSPS) is 25.5. The lowest BCUT2D eigenvalue weighted by Gasteiger charge is -2.20. The fraction of sp³-hybridized carbons (Fsp3) is 0.500. The van der Waals surface area contributed by atoms with E-state index < -0.39 is 56.3 Å². The lowest BCUT2D eigenvalue weighted by atomic mass is 10.1. The van der Waals surface area contributed by atoms with Crippen LogP contribution in [-0.2, 0) is 40.5 Å². The highest BCUT2D eigenvalue weighted by Crippen LogP contribution is 2.70. The SMILES string of the molecule is [N-]=[N+]=N[C@H]1C[C@H](n2cnc3c(N)ncnc32)O[C@@H]1COP(=O)(O)OP(=O)(O)OP(=O)(O)OP(=O)(O)O. The van der Waals surface area contributed by atoms with Crippen molar-refractivity contribution >= 4 is 48.3 Å². The molecule has 0 aromatic carbocycles. The number of nitrogens with two attached hydrogens (primary N) is 1. The lowest BCUT2D eigenvalue weighted by molar-refractivity contribution is -0.0230. The molecule has 7 N–H and O–H groups in total. The molecule has 200 valence electrons. The molecule has 22 nitrogen and oxygen atoms in total. The fourth-order valence-electron chi connectivity index (χ4n) is 2.92. The van der Waals surface area contributed by atoms with Crippen LogP contribution in [0.25, 0.3) is 21.6 Å². The molecule has 0 radical (unpaired) electrons. The predicted octanol–water partition coefficient (Wildman–Crippen LogP) is 0.835. The predicted molar refractivity (Wildman–Crippen MR) is 112 cm³/mol. The Morgan fingerprint density at radius 1 is 1.08 bits per heavy atom. The number of phosphoric acid groups is 4. The average molecular weight is 596 g/mol. The minimum Gasteiger partial charge on any atom is -0.382 e. The molecule has 6 atom stereocenters. The zero-order valence-electron chi connectivity index (χ0n) is 17.2. The molecule has 1 aliphatic heterocycles. The number of fused-ring (bicyclic) bond motifs is 1. The molecule has 3 rings (SSSR count). The van der Waals surface area contributed by atoms with E-state index in [0.717, 1.165) is 0 Å². The summed E-state index contributed by atoms with van der Waals surface area (Å²) in [6.45, 7) is -0.881. The molecule has 0 saturated carbocycles. The van der Waals surface area contributed by atoms with Gasteiger partial charge in [0.25, 0.3) is 0 Å². The summed E-state index contributed by atoms with van der Waals surface area (Å²) in [6.07, 6.45) is 0.362. The number of hydrogen-bond acceptors (Lipinski definition) is 14. The molecule has 0 bridgehead atoms. The Kier molecular flexibility index (Phi) is 8.39. The van der Waals surface area contributed by atoms with Crippen LogP contribution in [0.3, 0.4) is 0 Å². The smallest absolute Gasteiger partial charge is 0.382 e. The highest BCUT2D eigenvalue weighted by molar-refractivity contribution is 7.69. The van der Waals surface area contributed by atoms with E-state index in [4.69, 9.17) is 30.7 Å². The van der Waals surface area contributed by atoms with Crippen LogP contribution in [0, 0.1) is 0 Å². The zero-order valence-corrected chi connectivity index (χ0v) is 20.8. The molecule has 36 heavy (non-hydrogen) atoms. The number of nitrogen functional groups attached to an aromatic ring is 1. The van der Waals surface area contributed by atoms with E-state index in [0.29, 0.717) is 0 Å². The second-order valence-electron chi connectivity index (χ2n) is 6.66. The summed E-state index contributed by atoms with van der Waals surface area (Å²) in [4.78, 5) is 59.7. The number of ether oxygens (including phenoxy) is 1. The van der Waals surface area contributed by atoms with E-state index in [2.05, 4.69) is 42.4 Å². The molecular formula is C10H16N8O14P4. The van der Waals surface area contributed by atoms with Crippen LogP contribution in [0.1, 0.15) is 12.6 Å². The van der Waals surface area contributed by atoms with Gasteiger partial charge in [0.2, 0.25) is 0 Å². The molecule has 26 heteroatoms. The van der Waals surface area contributed by atoms with Gasteiger partial charge in [-0.3, -0.25) is 9.09 Å². The molecule has 0 spiro atoms. The average Bonchev–Trinajstić information content (AvgIpc) is 3.27. The molecular weight excluding hydrogens is 580 g/mol. The third-order valence-electron chi connectivity index (χ3n) is 4.13. The maximum Gasteiger partial charge on any atom is 0.490 e. The van der Waals surface area contributed by atoms with Crippen molar-refractivity contribution in [1.82, 2.24) is 19.5 Å². The Balaban J connectivity index is 1.68. The lowest BCUT2D eigenvalue weighted by Crippen LogP contribution is -2.24. The van der Waals surface area contributed by atoms with Crippen molar-refractivity contribution in [3.8, 4) is 0 Å². The highest BCUT2D eigenvalue weighted by atomic mass is 31.3. The third-order valence-corrected chi connectivity index (χ3v) is 9.58. The summed E-state index contributed by atoms with van der Waals surface area (Å²) >= 11 is 0. The number of imidazole rings is 1. The first-order valence-corrected chi connectivity index (χ1v) is 15.0. The van der Waals surface area contributed by atoms with E-state index in [-0.39, 0.29) is 23.4 Å². The van der Waals surface area contributed by atoms with Crippen LogP contribution in [0.5, 0.6) is 0 Å². The molecule has 0 amide bonds. The second-order valence-corrected chi connectivity index (χ2v) is 12.7. The van der Waals surface area contributed by atoms with Crippen LogP contribution in [0.4, 0.5) is 5.82 Å². The van der Waals surface area contributed by atoms with Crippen molar-refractivity contribution in [2.45, 2.75) is 24.8 Å². The van der Waals surface area contributed by atoms with Crippen LogP contribution >= 0.6 is 31.3 Å². The van der Waals surface area contributed by atoms with Crippen LogP contribution < -0.4 is 5.73 Å². The van der Waals surface area contributed by atoms with Gasteiger partial charge in [-0.25, -0.2) is 33.2 Å². The minimum atomic E-state index is -5.98. The van der Waals surface area contributed by atoms with Gasteiger partial charge in [-0.05, 0) is 5.53 Å². The van der Waals surface area contributed by atoms with Gasteiger partial charge in [0.15, 0.2) is 11.5 Å². The van der Waals surface area contributed by atoms with E-state index in [1.807, 2.05) is 0 Å². The maximum absolute atomic E-state index is 12.1. The number of aromatic nitrogens is 4. The molecule has 2 aromatic heterocycles. The van der Waals surface area contributed by atoms with Crippen molar-refractivity contribution in [1.29, 1.82) is 0 Å². The largest absolute Gasteiger partial charge is 0.490 e. The minimum absolute atomic E-state index is 0.000938. The number of phosphoric ester groups is 1. The van der Waals surface area contributed by atoms with Gasteiger partial charge in [0.05, 0.1) is 25.1 Å². The van der Waals surface area contributed by atoms with Crippen LogP contribution in [0.15, 0.2) is 17.8 Å². The summed E-state index contributed by atoms with van der Waals surface area (Å²) in [5, 5.41) is 3.50. The van der Waals surface area contributed by atoms with Crippen molar-refractivity contribution < 1.29 is 64.9 Å². The monoisotopic (exact) mass is 596 g/mol. The third kappa shape index (κ3) is 7.60. The first kappa shape index (κ1) is 28.7. The van der Waals surface area contributed by atoms with Crippen LogP contribution in [0.2, 0.25) is 0 Å². The Bertz CT molecular complexity index is 1370. The van der Waals surface area contributed by atoms with E-state index in [1.165, 1.54) is 17.2 Å². The zero-order chi connectivity index (χ0) is 26.9. The van der Waals surface area contributed by atoms with Gasteiger partial charge >= 0.3 is 31.3 Å². The summed E-state index contributed by atoms with van der Waals surface area (Å²) < 4.78 is 68.1. The fourth-order valence-corrected chi connectivity index (χ4v) is 7.38. The van der Waals surface area contributed by atoms with Gasteiger partial charge in [0.1, 0.15) is 18.1 Å². The number of nitrogens with zero attached hydrogens (tertiary/aromatic N) is 7. The summed E-state index contributed by atoms with van der Waals surface area (Å²) in [6, 6.07) is -0.997. The number of anilines is 1. The van der Waals surface area contributed by atoms with Crippen LogP contribution in [-0.4, -0.2) is 62.7 Å². The van der Waals surface area contributed by atoms with Gasteiger partial charge < -0.3 is 34.9 Å². The topological polar surface area (TPSA) is 334 Å². The van der Waals surface area contributed by atoms with E-state index >= 15 is 0 Å². The summed E-state index contributed by atoms with van der Waals surface area (Å²) in [7, 11) is -23.2. The molecule has 3 unspecified atom stereocenters. The Morgan fingerprint density at radius 3 is 2.36 bits per heavy atom. The first-order valence-electron chi connectivity index (χ1n) is 8.96. The van der Waals surface area contributed by atoms with Crippen molar-refractivity contribution in [3.05, 3.63) is 23.1 Å². The molecule has 2 aromatic rings. The van der Waals surface area contributed by atoms with Crippen molar-refractivity contribution in [3.63, 3.8) is 0 Å². The molecule has 0 aliphatic carbocycles. The molecule has 1 fully saturated rings. The van der Waals surface area contributed by atoms with Crippen molar-refractivity contribution in [2.24, 2.45) is 5.11 Å². The van der Waals surface area contributed by atoms with E-state index in [1.54, 1.807) is 0 Å². The maximum atomic E-state index is 12.1. The standard InChI is InChI=1S/C10H16N8O14P4/c11-9-8-10(14-3-13-9)18(4-15-8)7-1-5(16-17-12)6(29-7)2-28-34(22,23)31-36(26,27)32-35(24,25)30-33(19,20)21/h3-7H,1-2H2,(H,22,23)(H,24,25)(H,26,27)(H2,11,13,14)(H2,19,20,21)/t5-,6+,7+/m0/s1. The van der Waals surface area contributed by atoms with Gasteiger partial charge in [-0.15, -0.1) is 0 Å². The molecule has 3 heterocycles. The second kappa shape index (κ2) is 10.5.